The van der Waals surface area contributed by atoms with Crippen LogP contribution in [0.1, 0.15) is 19.5 Å². The number of rotatable bonds is 3. The van der Waals surface area contributed by atoms with Crippen molar-refractivity contribution in [3.8, 4) is 22.4 Å². The number of benzene rings is 2. The van der Waals surface area contributed by atoms with E-state index in [-0.39, 0.29) is 5.82 Å². The number of aromatic nitrogens is 2. The summed E-state index contributed by atoms with van der Waals surface area (Å²) in [6.45, 7) is 3.44. The SMILES string of the molecule is CC(C)(O)c1cc2c(-c3ccc(-c4ccccc4)c(F)c3)nccc2[nH]1. The largest absolute Gasteiger partial charge is 0.384 e. The number of aliphatic hydroxyl groups is 1. The minimum Gasteiger partial charge on any atom is -0.384 e. The van der Waals surface area contributed by atoms with Crippen molar-refractivity contribution >= 4 is 10.9 Å². The lowest BCUT2D eigenvalue weighted by Gasteiger charge is -2.14. The molecule has 0 spiro atoms. The van der Waals surface area contributed by atoms with Gasteiger partial charge in [-0.1, -0.05) is 42.5 Å². The van der Waals surface area contributed by atoms with Gasteiger partial charge in [-0.3, -0.25) is 4.98 Å². The molecule has 2 heterocycles. The molecule has 0 unspecified atom stereocenters. The van der Waals surface area contributed by atoms with Gasteiger partial charge >= 0.3 is 0 Å². The quantitative estimate of drug-likeness (QED) is 0.531. The Labute approximate surface area is 151 Å². The number of nitrogens with zero attached hydrogens (tertiary/aromatic N) is 1. The van der Waals surface area contributed by atoms with E-state index in [2.05, 4.69) is 9.97 Å². The average molecular weight is 346 g/mol. The van der Waals surface area contributed by atoms with Gasteiger partial charge in [-0.05, 0) is 37.6 Å². The van der Waals surface area contributed by atoms with E-state index < -0.39 is 5.60 Å². The molecule has 4 aromatic rings. The molecule has 0 amide bonds. The lowest BCUT2D eigenvalue weighted by atomic mass is 10.00. The summed E-state index contributed by atoms with van der Waals surface area (Å²) in [4.78, 5) is 7.66. The second-order valence-electron chi connectivity index (χ2n) is 6.92. The van der Waals surface area contributed by atoms with Crippen LogP contribution in [-0.2, 0) is 5.60 Å². The zero-order chi connectivity index (χ0) is 18.3. The number of halogens is 1. The van der Waals surface area contributed by atoms with Crippen molar-refractivity contribution in [3.05, 3.63) is 78.4 Å². The molecular formula is C22H19FN2O. The molecular weight excluding hydrogens is 327 g/mol. The average Bonchev–Trinajstić information content (AvgIpc) is 3.07. The highest BCUT2D eigenvalue weighted by Gasteiger charge is 2.20. The van der Waals surface area contributed by atoms with Gasteiger partial charge in [0.15, 0.2) is 0 Å². The summed E-state index contributed by atoms with van der Waals surface area (Å²) in [7, 11) is 0. The normalized spacial score (nSPS) is 11.8. The predicted octanol–water partition coefficient (Wildman–Crippen LogP) is 5.26. The summed E-state index contributed by atoms with van der Waals surface area (Å²) in [6.07, 6.45) is 1.69. The Hall–Kier alpha value is -2.98. The molecule has 0 aliphatic carbocycles. The Morgan fingerprint density at radius 2 is 1.73 bits per heavy atom. The second-order valence-corrected chi connectivity index (χ2v) is 6.92. The summed E-state index contributed by atoms with van der Waals surface area (Å²) in [5.41, 5.74) is 3.37. The van der Waals surface area contributed by atoms with E-state index in [1.165, 1.54) is 6.07 Å². The van der Waals surface area contributed by atoms with E-state index >= 15 is 0 Å². The highest BCUT2D eigenvalue weighted by atomic mass is 19.1. The van der Waals surface area contributed by atoms with Crippen molar-refractivity contribution < 1.29 is 9.50 Å². The Bertz CT molecular complexity index is 1080. The molecule has 4 rings (SSSR count). The van der Waals surface area contributed by atoms with Crippen molar-refractivity contribution in [2.45, 2.75) is 19.4 Å². The van der Waals surface area contributed by atoms with Crippen LogP contribution < -0.4 is 0 Å². The molecule has 2 aromatic heterocycles. The van der Waals surface area contributed by atoms with Crippen molar-refractivity contribution in [1.82, 2.24) is 9.97 Å². The number of nitrogens with one attached hydrogen (secondary N) is 1. The Morgan fingerprint density at radius 1 is 0.962 bits per heavy atom. The summed E-state index contributed by atoms with van der Waals surface area (Å²) >= 11 is 0. The third-order valence-corrected chi connectivity index (χ3v) is 4.53. The molecule has 0 radical (unpaired) electrons. The molecule has 4 heteroatoms. The predicted molar refractivity (Wildman–Crippen MR) is 102 cm³/mol. The maximum Gasteiger partial charge on any atom is 0.131 e. The Kier molecular flexibility index (Phi) is 3.85. The van der Waals surface area contributed by atoms with Crippen LogP contribution in [0.25, 0.3) is 33.3 Å². The van der Waals surface area contributed by atoms with Gasteiger partial charge in [0.2, 0.25) is 0 Å². The third kappa shape index (κ3) is 2.89. The fraction of sp³-hybridized carbons (Fsp3) is 0.136. The number of pyridine rings is 1. The van der Waals surface area contributed by atoms with Crippen molar-refractivity contribution in [2.75, 3.05) is 0 Å². The third-order valence-electron chi connectivity index (χ3n) is 4.53. The van der Waals surface area contributed by atoms with E-state index in [4.69, 9.17) is 0 Å². The van der Waals surface area contributed by atoms with Gasteiger partial charge in [0.05, 0.1) is 11.3 Å². The van der Waals surface area contributed by atoms with Gasteiger partial charge in [-0.2, -0.15) is 0 Å². The van der Waals surface area contributed by atoms with Crippen LogP contribution in [0.3, 0.4) is 0 Å². The molecule has 0 atom stereocenters. The minimum absolute atomic E-state index is 0.286. The van der Waals surface area contributed by atoms with E-state index in [1.807, 2.05) is 48.5 Å². The fourth-order valence-corrected chi connectivity index (χ4v) is 3.13. The first-order valence-electron chi connectivity index (χ1n) is 8.49. The van der Waals surface area contributed by atoms with Crippen LogP contribution in [0.2, 0.25) is 0 Å². The molecule has 0 aliphatic heterocycles. The maximum absolute atomic E-state index is 14.7. The lowest BCUT2D eigenvalue weighted by molar-refractivity contribution is 0.0747. The van der Waals surface area contributed by atoms with Crippen LogP contribution in [0.15, 0.2) is 66.9 Å². The van der Waals surface area contributed by atoms with Crippen molar-refractivity contribution in [1.29, 1.82) is 0 Å². The molecule has 2 aromatic carbocycles. The zero-order valence-corrected chi connectivity index (χ0v) is 14.6. The number of H-pyrrole nitrogens is 1. The molecule has 130 valence electrons. The van der Waals surface area contributed by atoms with Gasteiger partial charge in [0, 0.05) is 33.9 Å². The highest BCUT2D eigenvalue weighted by Crippen LogP contribution is 2.33. The lowest BCUT2D eigenvalue weighted by Crippen LogP contribution is -2.15. The van der Waals surface area contributed by atoms with Gasteiger partial charge in [-0.25, -0.2) is 4.39 Å². The second kappa shape index (κ2) is 6.07. The molecule has 0 saturated heterocycles. The topological polar surface area (TPSA) is 48.9 Å². The molecule has 3 nitrogen and oxygen atoms in total. The number of hydrogen-bond acceptors (Lipinski definition) is 2. The molecule has 26 heavy (non-hydrogen) atoms. The van der Waals surface area contributed by atoms with E-state index in [1.54, 1.807) is 26.1 Å². The van der Waals surface area contributed by atoms with E-state index in [0.29, 0.717) is 22.5 Å². The van der Waals surface area contributed by atoms with E-state index in [9.17, 15) is 9.50 Å². The molecule has 0 bridgehead atoms. The molecule has 0 aliphatic rings. The summed E-state index contributed by atoms with van der Waals surface area (Å²) in [5, 5.41) is 11.1. The highest BCUT2D eigenvalue weighted by molar-refractivity contribution is 5.93. The van der Waals surface area contributed by atoms with Crippen LogP contribution in [-0.4, -0.2) is 15.1 Å². The van der Waals surface area contributed by atoms with Crippen LogP contribution in [0.4, 0.5) is 4.39 Å². The van der Waals surface area contributed by atoms with E-state index in [0.717, 1.165) is 16.5 Å². The zero-order valence-electron chi connectivity index (χ0n) is 14.6. The Balaban J connectivity index is 1.83. The smallest absolute Gasteiger partial charge is 0.131 e. The standard InChI is InChI=1S/C22H19FN2O/c1-22(2,26)20-13-17-19(25-20)10-11-24-21(17)15-8-9-16(18(23)12-15)14-6-4-3-5-7-14/h3-13,25-26H,1-2H3. The van der Waals surface area contributed by atoms with Gasteiger partial charge in [-0.15, -0.1) is 0 Å². The number of fused-ring (bicyclic) bond motifs is 1. The molecule has 0 fully saturated rings. The van der Waals surface area contributed by atoms with Crippen LogP contribution >= 0.6 is 0 Å². The number of hydrogen-bond donors (Lipinski definition) is 2. The fourth-order valence-electron chi connectivity index (χ4n) is 3.13. The Morgan fingerprint density at radius 3 is 2.42 bits per heavy atom. The van der Waals surface area contributed by atoms with Crippen molar-refractivity contribution in [3.63, 3.8) is 0 Å². The maximum atomic E-state index is 14.7. The van der Waals surface area contributed by atoms with Crippen molar-refractivity contribution in [2.24, 2.45) is 0 Å². The summed E-state index contributed by atoms with van der Waals surface area (Å²) < 4.78 is 14.7. The first-order valence-corrected chi connectivity index (χ1v) is 8.49. The minimum atomic E-state index is -0.987. The molecule has 0 saturated carbocycles. The summed E-state index contributed by atoms with van der Waals surface area (Å²) in [6, 6.07) is 18.4. The monoisotopic (exact) mass is 346 g/mol. The number of aromatic amines is 1. The van der Waals surface area contributed by atoms with Crippen LogP contribution in [0, 0.1) is 5.82 Å². The first kappa shape index (κ1) is 16.5. The summed E-state index contributed by atoms with van der Waals surface area (Å²) in [5.74, 6) is -0.286. The van der Waals surface area contributed by atoms with Gasteiger partial charge < -0.3 is 10.1 Å². The van der Waals surface area contributed by atoms with Gasteiger partial charge in [0.1, 0.15) is 5.82 Å². The molecule has 2 N–H and O–H groups in total. The van der Waals surface area contributed by atoms with Crippen LogP contribution in [0.5, 0.6) is 0 Å². The first-order chi connectivity index (χ1) is 12.4. The van der Waals surface area contributed by atoms with Gasteiger partial charge in [0.25, 0.3) is 0 Å².